The molecule has 0 aliphatic carbocycles. The van der Waals surface area contributed by atoms with E-state index >= 15 is 0 Å². The van der Waals surface area contributed by atoms with Gasteiger partial charge < -0.3 is 15.1 Å². The number of nitrogens with zero attached hydrogens (tertiary/aromatic N) is 2. The summed E-state index contributed by atoms with van der Waals surface area (Å²) in [5.41, 5.74) is 1.43. The molecule has 144 valence electrons. The molecule has 2 heterocycles. The van der Waals surface area contributed by atoms with Gasteiger partial charge >= 0.3 is 6.18 Å². The number of hydrogen-bond acceptors (Lipinski definition) is 4. The molecule has 0 unspecified atom stereocenters. The molecule has 1 aliphatic rings. The summed E-state index contributed by atoms with van der Waals surface area (Å²) in [5.74, 6) is -0.436. The van der Waals surface area contributed by atoms with Crippen molar-refractivity contribution in [3.63, 3.8) is 0 Å². The van der Waals surface area contributed by atoms with Crippen LogP contribution in [0.4, 0.5) is 13.2 Å². The Morgan fingerprint density at radius 1 is 1.15 bits per heavy atom. The Morgan fingerprint density at radius 2 is 1.85 bits per heavy atom. The van der Waals surface area contributed by atoms with Crippen LogP contribution in [0.2, 0.25) is 0 Å². The van der Waals surface area contributed by atoms with Crippen molar-refractivity contribution in [2.75, 3.05) is 6.54 Å². The number of phenolic OH excluding ortho intramolecular Hbond substituents is 2. The number of phenols is 2. The average molecular weight is 380 g/mol. The van der Waals surface area contributed by atoms with Gasteiger partial charge in [0.1, 0.15) is 0 Å². The molecule has 2 N–H and O–H groups in total. The summed E-state index contributed by atoms with van der Waals surface area (Å²) in [6.45, 7) is 0.884. The minimum Gasteiger partial charge on any atom is -0.504 e. The average Bonchev–Trinajstić information content (AvgIpc) is 2.62. The summed E-state index contributed by atoms with van der Waals surface area (Å²) in [4.78, 5) is 17.9. The second kappa shape index (κ2) is 7.46. The molecule has 3 rings (SSSR count). The first-order valence-corrected chi connectivity index (χ1v) is 8.57. The van der Waals surface area contributed by atoms with Crippen molar-refractivity contribution < 1.29 is 28.2 Å². The number of aromatic nitrogens is 1. The van der Waals surface area contributed by atoms with Gasteiger partial charge in [-0.05, 0) is 54.7 Å². The zero-order valence-electron chi connectivity index (χ0n) is 14.5. The Morgan fingerprint density at radius 3 is 2.48 bits per heavy atom. The van der Waals surface area contributed by atoms with Crippen molar-refractivity contribution in [2.45, 2.75) is 38.4 Å². The number of amides is 1. The number of aryl methyl sites for hydroxylation is 1. The molecule has 1 amide bonds. The van der Waals surface area contributed by atoms with Crippen molar-refractivity contribution in [3.05, 3.63) is 52.8 Å². The van der Waals surface area contributed by atoms with E-state index < -0.39 is 11.7 Å². The van der Waals surface area contributed by atoms with E-state index in [1.165, 1.54) is 18.2 Å². The molecule has 0 fully saturated rings. The molecule has 1 aromatic heterocycles. The first-order valence-electron chi connectivity index (χ1n) is 8.57. The number of aromatic hydroxyl groups is 2. The number of benzene rings is 1. The molecule has 27 heavy (non-hydrogen) atoms. The summed E-state index contributed by atoms with van der Waals surface area (Å²) < 4.78 is 37.5. The Labute approximate surface area is 154 Å². The molecule has 8 heteroatoms. The number of pyridine rings is 1. The SMILES string of the molecule is O=C(CCCc1ccc(C(F)(F)F)cn1)N1CCc2cc(O)c(O)cc2C1. The smallest absolute Gasteiger partial charge is 0.417 e. The Hall–Kier alpha value is -2.77. The highest BCUT2D eigenvalue weighted by atomic mass is 19.4. The van der Waals surface area contributed by atoms with Gasteiger partial charge in [-0.2, -0.15) is 13.2 Å². The molecular formula is C19H19F3N2O3. The molecule has 0 radical (unpaired) electrons. The highest BCUT2D eigenvalue weighted by Crippen LogP contribution is 2.32. The highest BCUT2D eigenvalue weighted by molar-refractivity contribution is 5.76. The summed E-state index contributed by atoms with van der Waals surface area (Å²) in [6, 6.07) is 5.31. The molecule has 1 aromatic carbocycles. The van der Waals surface area contributed by atoms with Gasteiger partial charge in [0.15, 0.2) is 11.5 Å². The molecule has 0 atom stereocenters. The molecule has 0 bridgehead atoms. The van der Waals surface area contributed by atoms with Gasteiger partial charge in [-0.3, -0.25) is 9.78 Å². The molecular weight excluding hydrogens is 361 g/mol. The number of rotatable bonds is 4. The fourth-order valence-electron chi connectivity index (χ4n) is 3.12. The summed E-state index contributed by atoms with van der Waals surface area (Å²) >= 11 is 0. The Kier molecular flexibility index (Phi) is 5.25. The fraction of sp³-hybridized carbons (Fsp3) is 0.368. The van der Waals surface area contributed by atoms with Crippen molar-refractivity contribution in [1.82, 2.24) is 9.88 Å². The topological polar surface area (TPSA) is 73.7 Å². The second-order valence-corrected chi connectivity index (χ2v) is 6.56. The monoisotopic (exact) mass is 380 g/mol. The van der Waals surface area contributed by atoms with Crippen LogP contribution in [0.1, 0.15) is 35.2 Å². The fourth-order valence-corrected chi connectivity index (χ4v) is 3.12. The molecule has 0 spiro atoms. The van der Waals surface area contributed by atoms with Crippen LogP contribution in [-0.2, 0) is 30.4 Å². The predicted molar refractivity (Wildman–Crippen MR) is 91.1 cm³/mol. The van der Waals surface area contributed by atoms with Gasteiger partial charge in [-0.15, -0.1) is 0 Å². The van der Waals surface area contributed by atoms with E-state index in [9.17, 15) is 28.2 Å². The largest absolute Gasteiger partial charge is 0.504 e. The number of fused-ring (bicyclic) bond motifs is 1. The van der Waals surface area contributed by atoms with Crippen LogP contribution in [-0.4, -0.2) is 32.5 Å². The van der Waals surface area contributed by atoms with Gasteiger partial charge in [-0.1, -0.05) is 0 Å². The first-order chi connectivity index (χ1) is 12.7. The molecule has 0 saturated carbocycles. The zero-order chi connectivity index (χ0) is 19.6. The normalized spacial score (nSPS) is 14.1. The number of halogens is 3. The third-order valence-electron chi connectivity index (χ3n) is 4.64. The second-order valence-electron chi connectivity index (χ2n) is 6.56. The van der Waals surface area contributed by atoms with Crippen molar-refractivity contribution in [2.24, 2.45) is 0 Å². The third kappa shape index (κ3) is 4.50. The van der Waals surface area contributed by atoms with Crippen LogP contribution in [0.5, 0.6) is 11.5 Å². The van der Waals surface area contributed by atoms with E-state index in [0.29, 0.717) is 38.0 Å². The number of alkyl halides is 3. The number of hydrogen-bond donors (Lipinski definition) is 2. The number of carbonyl (C=O) groups is 1. The summed E-state index contributed by atoms with van der Waals surface area (Å²) in [7, 11) is 0. The van der Waals surface area contributed by atoms with Gasteiger partial charge in [0.2, 0.25) is 5.91 Å². The summed E-state index contributed by atoms with van der Waals surface area (Å²) in [5, 5.41) is 19.1. The van der Waals surface area contributed by atoms with E-state index in [1.807, 2.05) is 0 Å². The first kappa shape index (κ1) is 19.0. The quantitative estimate of drug-likeness (QED) is 0.798. The number of carbonyl (C=O) groups excluding carboxylic acids is 1. The van der Waals surface area contributed by atoms with E-state index in [-0.39, 0.29) is 23.8 Å². The maximum absolute atomic E-state index is 12.5. The standard InChI is InChI=1S/C19H19F3N2O3/c20-19(21,22)14-4-5-15(23-10-14)2-1-3-18(27)24-7-6-12-8-16(25)17(26)9-13(12)11-24/h4-5,8-10,25-26H,1-3,6-7,11H2. The van der Waals surface area contributed by atoms with Gasteiger partial charge in [0, 0.05) is 31.4 Å². The maximum atomic E-state index is 12.5. The lowest BCUT2D eigenvalue weighted by molar-refractivity contribution is -0.137. The van der Waals surface area contributed by atoms with Crippen LogP contribution in [0.3, 0.4) is 0 Å². The zero-order valence-corrected chi connectivity index (χ0v) is 14.5. The van der Waals surface area contributed by atoms with Crippen LogP contribution >= 0.6 is 0 Å². The molecule has 2 aromatic rings. The lowest BCUT2D eigenvalue weighted by atomic mass is 9.98. The Balaban J connectivity index is 1.52. The lowest BCUT2D eigenvalue weighted by Crippen LogP contribution is -2.35. The van der Waals surface area contributed by atoms with Crippen molar-refractivity contribution >= 4 is 5.91 Å². The molecule has 0 saturated heterocycles. The van der Waals surface area contributed by atoms with Crippen molar-refractivity contribution in [3.8, 4) is 11.5 Å². The lowest BCUT2D eigenvalue weighted by Gasteiger charge is -2.29. The van der Waals surface area contributed by atoms with E-state index in [4.69, 9.17) is 0 Å². The molecule has 5 nitrogen and oxygen atoms in total. The van der Waals surface area contributed by atoms with Crippen LogP contribution in [0.15, 0.2) is 30.5 Å². The van der Waals surface area contributed by atoms with E-state index in [1.54, 1.807) is 4.90 Å². The summed E-state index contributed by atoms with van der Waals surface area (Å²) in [6.07, 6.45) is -1.83. The minimum absolute atomic E-state index is 0.0554. The minimum atomic E-state index is -4.41. The van der Waals surface area contributed by atoms with E-state index in [2.05, 4.69) is 4.98 Å². The van der Waals surface area contributed by atoms with Crippen LogP contribution in [0.25, 0.3) is 0 Å². The molecule has 1 aliphatic heterocycles. The van der Waals surface area contributed by atoms with Crippen LogP contribution in [0, 0.1) is 0 Å². The van der Waals surface area contributed by atoms with Gasteiger partial charge in [0.05, 0.1) is 5.56 Å². The van der Waals surface area contributed by atoms with Gasteiger partial charge in [-0.25, -0.2) is 0 Å². The Bertz CT molecular complexity index is 835. The van der Waals surface area contributed by atoms with Gasteiger partial charge in [0.25, 0.3) is 0 Å². The maximum Gasteiger partial charge on any atom is 0.417 e. The third-order valence-corrected chi connectivity index (χ3v) is 4.64. The van der Waals surface area contributed by atoms with Crippen molar-refractivity contribution in [1.29, 1.82) is 0 Å². The highest BCUT2D eigenvalue weighted by Gasteiger charge is 2.30. The van der Waals surface area contributed by atoms with Crippen LogP contribution < -0.4 is 0 Å². The van der Waals surface area contributed by atoms with E-state index in [0.717, 1.165) is 23.4 Å². The predicted octanol–water partition coefficient (Wildman–Crippen LogP) is 3.42.